The van der Waals surface area contributed by atoms with Gasteiger partial charge in [0.2, 0.25) is 0 Å². The van der Waals surface area contributed by atoms with Gasteiger partial charge in [0, 0.05) is 0 Å². The molecule has 4 aliphatic carbocycles. The fourth-order valence-corrected chi connectivity index (χ4v) is 8.83. The lowest BCUT2D eigenvalue weighted by Crippen LogP contribution is -2.50. The number of fused-ring (bicyclic) bond motifs is 5. The maximum atomic E-state index is 10.2. The monoisotopic (exact) mass is 412 g/mol. The predicted molar refractivity (Wildman–Crippen MR) is 128 cm³/mol. The fourth-order valence-electron chi connectivity index (χ4n) is 8.83. The minimum absolute atomic E-state index is 0.0870. The Morgan fingerprint density at radius 1 is 1.03 bits per heavy atom. The standard InChI is InChI=1S/C29H48O/c1-7-21(19(2)3)9-8-20(4)25-12-13-26-24-11-10-22-18-23(30)14-16-28(22,5)27(24)15-17-29(25,26)6/h8-10,19-21,23-27,30H,7,11-18H2,1-6H3/b9-8+/t20-,21-,23+,24+,25-,26+,27+,28+,29-/m0/s1. The molecule has 3 saturated carbocycles. The van der Waals surface area contributed by atoms with E-state index in [0.717, 1.165) is 48.3 Å². The number of aliphatic hydroxyl groups excluding tert-OH is 1. The molecule has 1 N–H and O–H groups in total. The summed E-state index contributed by atoms with van der Waals surface area (Å²) in [5, 5.41) is 10.2. The summed E-state index contributed by atoms with van der Waals surface area (Å²) in [6.07, 6.45) is 19.1. The molecule has 170 valence electrons. The van der Waals surface area contributed by atoms with Crippen LogP contribution in [-0.2, 0) is 0 Å². The van der Waals surface area contributed by atoms with Crippen molar-refractivity contribution in [2.45, 2.75) is 105 Å². The van der Waals surface area contributed by atoms with E-state index in [2.05, 4.69) is 59.8 Å². The molecule has 0 aromatic heterocycles. The topological polar surface area (TPSA) is 20.2 Å². The highest BCUT2D eigenvalue weighted by Crippen LogP contribution is 2.67. The molecule has 0 heterocycles. The molecule has 0 aromatic rings. The quantitative estimate of drug-likeness (QED) is 0.457. The molecule has 0 spiro atoms. The molecule has 1 nitrogen and oxygen atoms in total. The second kappa shape index (κ2) is 8.42. The van der Waals surface area contributed by atoms with E-state index in [1.54, 1.807) is 5.57 Å². The third-order valence-electron chi connectivity index (χ3n) is 10.8. The van der Waals surface area contributed by atoms with E-state index in [1.807, 2.05) is 0 Å². The lowest BCUT2D eigenvalue weighted by Gasteiger charge is -2.58. The molecule has 4 aliphatic rings. The highest BCUT2D eigenvalue weighted by Gasteiger charge is 2.58. The molecule has 0 radical (unpaired) electrons. The summed E-state index contributed by atoms with van der Waals surface area (Å²) in [6.45, 7) is 14.8. The maximum absolute atomic E-state index is 10.2. The van der Waals surface area contributed by atoms with Crippen LogP contribution in [0.25, 0.3) is 0 Å². The maximum Gasteiger partial charge on any atom is 0.0577 e. The summed E-state index contributed by atoms with van der Waals surface area (Å²) in [5.41, 5.74) is 2.51. The molecule has 4 rings (SSSR count). The molecular formula is C29H48O. The lowest BCUT2D eigenvalue weighted by atomic mass is 9.47. The molecule has 0 bridgehead atoms. The Hall–Kier alpha value is -0.560. The van der Waals surface area contributed by atoms with Gasteiger partial charge in [0.1, 0.15) is 0 Å². The Morgan fingerprint density at radius 3 is 2.50 bits per heavy atom. The van der Waals surface area contributed by atoms with Crippen LogP contribution in [0, 0.1) is 52.3 Å². The second-order valence-electron chi connectivity index (χ2n) is 12.4. The predicted octanol–water partition coefficient (Wildman–Crippen LogP) is 7.80. The van der Waals surface area contributed by atoms with E-state index in [1.165, 1.54) is 44.9 Å². The van der Waals surface area contributed by atoms with Crippen molar-refractivity contribution in [3.05, 3.63) is 23.8 Å². The summed E-state index contributed by atoms with van der Waals surface area (Å²) in [6, 6.07) is 0. The zero-order chi connectivity index (χ0) is 21.7. The summed E-state index contributed by atoms with van der Waals surface area (Å²) in [4.78, 5) is 0. The Labute approximate surface area is 186 Å². The first-order valence-corrected chi connectivity index (χ1v) is 13.3. The highest BCUT2D eigenvalue weighted by molar-refractivity contribution is 5.25. The average Bonchev–Trinajstić information content (AvgIpc) is 3.06. The lowest BCUT2D eigenvalue weighted by molar-refractivity contribution is -0.0540. The van der Waals surface area contributed by atoms with Crippen molar-refractivity contribution in [3.63, 3.8) is 0 Å². The van der Waals surface area contributed by atoms with Gasteiger partial charge in [-0.05, 0) is 110 Å². The molecule has 0 saturated heterocycles. The molecule has 0 aliphatic heterocycles. The van der Waals surface area contributed by atoms with Gasteiger partial charge in [-0.25, -0.2) is 0 Å². The number of allylic oxidation sites excluding steroid dienone is 3. The van der Waals surface area contributed by atoms with Crippen LogP contribution in [-0.4, -0.2) is 11.2 Å². The van der Waals surface area contributed by atoms with E-state index in [-0.39, 0.29) is 6.10 Å². The van der Waals surface area contributed by atoms with Crippen LogP contribution < -0.4 is 0 Å². The molecule has 0 amide bonds. The largest absolute Gasteiger partial charge is 0.393 e. The minimum atomic E-state index is -0.0870. The first kappa shape index (κ1) is 22.6. The van der Waals surface area contributed by atoms with Crippen LogP contribution in [0.15, 0.2) is 23.8 Å². The van der Waals surface area contributed by atoms with Crippen molar-refractivity contribution in [1.29, 1.82) is 0 Å². The second-order valence-corrected chi connectivity index (χ2v) is 12.4. The molecule has 30 heavy (non-hydrogen) atoms. The Bertz CT molecular complexity index is 674. The minimum Gasteiger partial charge on any atom is -0.393 e. The average molecular weight is 413 g/mol. The number of hydrogen-bond acceptors (Lipinski definition) is 1. The van der Waals surface area contributed by atoms with Gasteiger partial charge in [0.05, 0.1) is 6.10 Å². The van der Waals surface area contributed by atoms with Crippen LogP contribution in [0.4, 0.5) is 0 Å². The van der Waals surface area contributed by atoms with Gasteiger partial charge in [-0.3, -0.25) is 0 Å². The highest BCUT2D eigenvalue weighted by atomic mass is 16.3. The van der Waals surface area contributed by atoms with Crippen molar-refractivity contribution >= 4 is 0 Å². The normalized spacial score (nSPS) is 45.6. The first-order chi connectivity index (χ1) is 14.2. The summed E-state index contributed by atoms with van der Waals surface area (Å²) in [5.74, 6) is 5.70. The van der Waals surface area contributed by atoms with Crippen molar-refractivity contribution in [3.8, 4) is 0 Å². The van der Waals surface area contributed by atoms with Gasteiger partial charge < -0.3 is 5.11 Å². The summed E-state index contributed by atoms with van der Waals surface area (Å²) in [7, 11) is 0. The van der Waals surface area contributed by atoms with Crippen molar-refractivity contribution in [2.75, 3.05) is 0 Å². The van der Waals surface area contributed by atoms with E-state index < -0.39 is 0 Å². The van der Waals surface area contributed by atoms with Gasteiger partial charge >= 0.3 is 0 Å². The third-order valence-corrected chi connectivity index (χ3v) is 10.8. The Kier molecular flexibility index (Phi) is 6.35. The molecule has 0 aromatic carbocycles. The summed E-state index contributed by atoms with van der Waals surface area (Å²) < 4.78 is 0. The van der Waals surface area contributed by atoms with Crippen LogP contribution in [0.5, 0.6) is 0 Å². The van der Waals surface area contributed by atoms with Crippen LogP contribution in [0.1, 0.15) is 99.3 Å². The number of rotatable bonds is 5. The van der Waals surface area contributed by atoms with Gasteiger partial charge in [0.25, 0.3) is 0 Å². The fraction of sp³-hybridized carbons (Fsp3) is 0.862. The van der Waals surface area contributed by atoms with E-state index in [9.17, 15) is 5.11 Å². The van der Waals surface area contributed by atoms with E-state index in [4.69, 9.17) is 0 Å². The SMILES string of the molecule is CC[C@@H](/C=C/[C@H](C)[C@@H]1CC[C@@H]2[C@H]3CC=C4C[C@H](O)CC[C@@]4(C)[C@@H]3CC[C@]21C)C(C)C. The van der Waals surface area contributed by atoms with E-state index in [0.29, 0.717) is 16.7 Å². The van der Waals surface area contributed by atoms with Crippen LogP contribution >= 0.6 is 0 Å². The van der Waals surface area contributed by atoms with Crippen molar-refractivity contribution < 1.29 is 5.11 Å². The number of hydrogen-bond donors (Lipinski definition) is 1. The van der Waals surface area contributed by atoms with Crippen LogP contribution in [0.3, 0.4) is 0 Å². The van der Waals surface area contributed by atoms with Gasteiger partial charge in [0.15, 0.2) is 0 Å². The van der Waals surface area contributed by atoms with Gasteiger partial charge in [-0.2, -0.15) is 0 Å². The summed E-state index contributed by atoms with van der Waals surface area (Å²) >= 11 is 0. The third kappa shape index (κ3) is 3.66. The number of aliphatic hydroxyl groups is 1. The van der Waals surface area contributed by atoms with Crippen molar-refractivity contribution in [2.24, 2.45) is 52.3 Å². The van der Waals surface area contributed by atoms with Crippen LogP contribution in [0.2, 0.25) is 0 Å². The van der Waals surface area contributed by atoms with E-state index >= 15 is 0 Å². The molecule has 1 heteroatoms. The smallest absolute Gasteiger partial charge is 0.0577 e. The van der Waals surface area contributed by atoms with Crippen molar-refractivity contribution in [1.82, 2.24) is 0 Å². The Morgan fingerprint density at radius 2 is 1.80 bits per heavy atom. The molecule has 0 unspecified atom stereocenters. The zero-order valence-electron chi connectivity index (χ0n) is 20.7. The zero-order valence-corrected chi connectivity index (χ0v) is 20.7. The molecule has 9 atom stereocenters. The van der Waals surface area contributed by atoms with Gasteiger partial charge in [-0.1, -0.05) is 65.3 Å². The van der Waals surface area contributed by atoms with Gasteiger partial charge in [-0.15, -0.1) is 0 Å². The first-order valence-electron chi connectivity index (χ1n) is 13.3. The molecular weight excluding hydrogens is 364 g/mol. The Balaban J connectivity index is 1.52. The molecule has 3 fully saturated rings.